The van der Waals surface area contributed by atoms with E-state index >= 15 is 0 Å². The minimum atomic E-state index is -0.491. The van der Waals surface area contributed by atoms with E-state index in [-0.39, 0.29) is 17.2 Å². The molecule has 0 aliphatic rings. The molecule has 108 valence electrons. The molecule has 0 bridgehead atoms. The van der Waals surface area contributed by atoms with Crippen LogP contribution in [0.3, 0.4) is 0 Å². The molecule has 0 unspecified atom stereocenters. The van der Waals surface area contributed by atoms with Crippen molar-refractivity contribution in [1.82, 2.24) is 0 Å². The first-order valence-corrected chi connectivity index (χ1v) is 7.43. The highest BCUT2D eigenvalue weighted by Gasteiger charge is 2.12. The van der Waals surface area contributed by atoms with Gasteiger partial charge >= 0.3 is 0 Å². The molecule has 2 rings (SSSR count). The largest absolute Gasteiger partial charge is 0.293 e. The number of nitrogens with zero attached hydrogens (tertiary/aromatic N) is 1. The van der Waals surface area contributed by atoms with Crippen molar-refractivity contribution in [2.45, 2.75) is 18.7 Å². The summed E-state index contributed by atoms with van der Waals surface area (Å²) in [4.78, 5) is 23.4. The smallest absolute Gasteiger partial charge is 0.270 e. The Morgan fingerprint density at radius 2 is 1.95 bits per heavy atom. The number of nitro benzene ring substituents is 1. The van der Waals surface area contributed by atoms with Crippen molar-refractivity contribution in [2.24, 2.45) is 0 Å². The summed E-state index contributed by atoms with van der Waals surface area (Å²) in [6, 6.07) is 11.9. The van der Waals surface area contributed by atoms with Crippen molar-refractivity contribution < 1.29 is 9.72 Å². The third-order valence-electron chi connectivity index (χ3n) is 3.08. The van der Waals surface area contributed by atoms with Crippen molar-refractivity contribution in [3.8, 4) is 0 Å². The number of thioether (sulfide) groups is 1. The number of aryl methyl sites for hydroxylation is 2. The summed E-state index contributed by atoms with van der Waals surface area (Å²) in [6.45, 7) is 4.01. The molecule has 0 radical (unpaired) electrons. The second-order valence-corrected chi connectivity index (χ2v) is 5.81. The van der Waals surface area contributed by atoms with Crippen LogP contribution in [0.5, 0.6) is 0 Å². The highest BCUT2D eigenvalue weighted by atomic mass is 32.2. The minimum absolute atomic E-state index is 0.0578. The van der Waals surface area contributed by atoms with Crippen LogP contribution in [0.25, 0.3) is 0 Å². The molecule has 0 N–H and O–H groups in total. The second-order valence-electron chi connectivity index (χ2n) is 4.79. The number of carbonyl (C=O) groups excluding carboxylic acids is 1. The van der Waals surface area contributed by atoms with Crippen LogP contribution in [-0.2, 0) is 0 Å². The Kier molecular flexibility index (Phi) is 4.75. The lowest BCUT2D eigenvalue weighted by Gasteiger charge is -2.06. The van der Waals surface area contributed by atoms with Gasteiger partial charge in [0.15, 0.2) is 5.78 Å². The van der Waals surface area contributed by atoms with Gasteiger partial charge in [-0.15, -0.1) is 11.8 Å². The molecule has 0 aromatic heterocycles. The Morgan fingerprint density at radius 3 is 2.67 bits per heavy atom. The number of rotatable bonds is 5. The first-order valence-electron chi connectivity index (χ1n) is 6.45. The minimum Gasteiger partial charge on any atom is -0.293 e. The lowest BCUT2D eigenvalue weighted by atomic mass is 10.1. The monoisotopic (exact) mass is 301 g/mol. The lowest BCUT2D eigenvalue weighted by Crippen LogP contribution is -2.03. The predicted octanol–water partition coefficient (Wildman–Crippen LogP) is 4.19. The van der Waals surface area contributed by atoms with Crippen LogP contribution in [0.2, 0.25) is 0 Å². The fourth-order valence-electron chi connectivity index (χ4n) is 1.88. The van der Waals surface area contributed by atoms with E-state index in [1.54, 1.807) is 6.07 Å². The molecule has 0 heterocycles. The molecule has 0 amide bonds. The molecule has 4 nitrogen and oxygen atoms in total. The zero-order valence-corrected chi connectivity index (χ0v) is 12.6. The first-order chi connectivity index (χ1) is 9.97. The molecule has 0 aliphatic heterocycles. The van der Waals surface area contributed by atoms with Gasteiger partial charge in [-0.2, -0.15) is 0 Å². The van der Waals surface area contributed by atoms with Gasteiger partial charge in [0.2, 0.25) is 0 Å². The molecule has 0 saturated heterocycles. The summed E-state index contributed by atoms with van der Waals surface area (Å²) in [7, 11) is 0. The molecule has 2 aromatic rings. The van der Waals surface area contributed by atoms with Gasteiger partial charge in [0, 0.05) is 22.6 Å². The Morgan fingerprint density at radius 1 is 1.19 bits per heavy atom. The number of nitro groups is 1. The standard InChI is InChI=1S/C16H15NO3S/c1-11-6-7-12(2)16(8-11)21-10-15(18)13-4-3-5-14(9-13)17(19)20/h3-9H,10H2,1-2H3. The molecular formula is C16H15NO3S. The highest BCUT2D eigenvalue weighted by molar-refractivity contribution is 8.00. The van der Waals surface area contributed by atoms with Gasteiger partial charge in [0.25, 0.3) is 5.69 Å². The van der Waals surface area contributed by atoms with Crippen LogP contribution in [0.15, 0.2) is 47.4 Å². The van der Waals surface area contributed by atoms with E-state index in [0.29, 0.717) is 5.56 Å². The van der Waals surface area contributed by atoms with Crippen LogP contribution in [0.1, 0.15) is 21.5 Å². The molecule has 0 aliphatic carbocycles. The van der Waals surface area contributed by atoms with Gasteiger partial charge < -0.3 is 0 Å². The average molecular weight is 301 g/mol. The molecule has 0 atom stereocenters. The van der Waals surface area contributed by atoms with Gasteiger partial charge in [0.05, 0.1) is 10.7 Å². The Balaban J connectivity index is 2.10. The van der Waals surface area contributed by atoms with Gasteiger partial charge in [-0.3, -0.25) is 14.9 Å². The van der Waals surface area contributed by atoms with E-state index in [1.165, 1.54) is 30.0 Å². The highest BCUT2D eigenvalue weighted by Crippen LogP contribution is 2.25. The fraction of sp³-hybridized carbons (Fsp3) is 0.188. The van der Waals surface area contributed by atoms with Gasteiger partial charge in [-0.05, 0) is 25.5 Å². The maximum atomic E-state index is 12.1. The van der Waals surface area contributed by atoms with E-state index in [4.69, 9.17) is 0 Å². The number of hydrogen-bond donors (Lipinski definition) is 0. The Hall–Kier alpha value is -2.14. The summed E-state index contributed by atoms with van der Waals surface area (Å²) < 4.78 is 0. The third-order valence-corrected chi connectivity index (χ3v) is 4.24. The van der Waals surface area contributed by atoms with Crippen molar-refractivity contribution in [1.29, 1.82) is 0 Å². The third kappa shape index (κ3) is 3.92. The zero-order valence-electron chi connectivity index (χ0n) is 11.8. The maximum Gasteiger partial charge on any atom is 0.270 e. The van der Waals surface area contributed by atoms with Crippen LogP contribution in [0, 0.1) is 24.0 Å². The Bertz CT molecular complexity index is 698. The van der Waals surface area contributed by atoms with E-state index in [9.17, 15) is 14.9 Å². The van der Waals surface area contributed by atoms with Crippen molar-refractivity contribution in [2.75, 3.05) is 5.75 Å². The predicted molar refractivity (Wildman–Crippen MR) is 84.1 cm³/mol. The number of ketones is 1. The van der Waals surface area contributed by atoms with Crippen LogP contribution >= 0.6 is 11.8 Å². The van der Waals surface area contributed by atoms with Crippen LogP contribution < -0.4 is 0 Å². The molecule has 5 heteroatoms. The van der Waals surface area contributed by atoms with E-state index in [0.717, 1.165) is 16.0 Å². The number of hydrogen-bond acceptors (Lipinski definition) is 4. The normalized spacial score (nSPS) is 10.4. The summed E-state index contributed by atoms with van der Waals surface area (Å²) >= 11 is 1.46. The van der Waals surface area contributed by atoms with Crippen LogP contribution in [-0.4, -0.2) is 16.5 Å². The van der Waals surface area contributed by atoms with E-state index < -0.39 is 4.92 Å². The van der Waals surface area contributed by atoms with Crippen LogP contribution in [0.4, 0.5) is 5.69 Å². The van der Waals surface area contributed by atoms with E-state index in [1.807, 2.05) is 32.0 Å². The number of non-ortho nitro benzene ring substituents is 1. The number of Topliss-reactive ketones (excluding diaryl/α,β-unsaturated/α-hetero) is 1. The van der Waals surface area contributed by atoms with E-state index in [2.05, 4.69) is 0 Å². The molecule has 0 fully saturated rings. The zero-order chi connectivity index (χ0) is 15.4. The van der Waals surface area contributed by atoms with Crippen molar-refractivity contribution >= 4 is 23.2 Å². The first kappa shape index (κ1) is 15.3. The molecule has 21 heavy (non-hydrogen) atoms. The maximum absolute atomic E-state index is 12.1. The van der Waals surface area contributed by atoms with Crippen molar-refractivity contribution in [3.63, 3.8) is 0 Å². The lowest BCUT2D eigenvalue weighted by molar-refractivity contribution is -0.384. The van der Waals surface area contributed by atoms with Gasteiger partial charge in [-0.1, -0.05) is 29.8 Å². The van der Waals surface area contributed by atoms with Gasteiger partial charge in [0.1, 0.15) is 0 Å². The van der Waals surface area contributed by atoms with Gasteiger partial charge in [-0.25, -0.2) is 0 Å². The quantitative estimate of drug-likeness (QED) is 0.359. The second kappa shape index (κ2) is 6.54. The molecule has 0 saturated carbocycles. The topological polar surface area (TPSA) is 60.2 Å². The SMILES string of the molecule is Cc1ccc(C)c(SCC(=O)c2cccc([N+](=O)[O-])c2)c1. The summed E-state index contributed by atoms with van der Waals surface area (Å²) in [5, 5.41) is 10.7. The Labute approximate surface area is 127 Å². The average Bonchev–Trinajstić information content (AvgIpc) is 2.48. The summed E-state index contributed by atoms with van der Waals surface area (Å²) in [5.74, 6) is 0.162. The molecule has 2 aromatic carbocycles. The number of benzene rings is 2. The number of carbonyl (C=O) groups is 1. The molecular weight excluding hydrogens is 286 g/mol. The van der Waals surface area contributed by atoms with Crippen molar-refractivity contribution in [3.05, 3.63) is 69.3 Å². The summed E-state index contributed by atoms with van der Waals surface area (Å²) in [5.41, 5.74) is 2.59. The molecule has 0 spiro atoms. The fourth-order valence-corrected chi connectivity index (χ4v) is 2.90. The summed E-state index contributed by atoms with van der Waals surface area (Å²) in [6.07, 6.45) is 0.